The van der Waals surface area contributed by atoms with Crippen molar-refractivity contribution in [1.82, 2.24) is 20.3 Å². The minimum absolute atomic E-state index is 0.0136. The number of carbonyl (C=O) groups excluding carboxylic acids is 1. The van der Waals surface area contributed by atoms with E-state index in [2.05, 4.69) is 67.1 Å². The van der Waals surface area contributed by atoms with Crippen LogP contribution >= 0.6 is 0 Å². The molecule has 0 saturated heterocycles. The SMILES string of the molecule is CC1=CCCC(NC(=O)CC(CCC(=O)O)c2nnn(C3CC(CC(C)(C)C)C3)c2C2CC2)C(C)=C1. The Bertz CT molecular complexity index is 1020. The summed E-state index contributed by atoms with van der Waals surface area (Å²) >= 11 is 0. The molecule has 0 aliphatic heterocycles. The van der Waals surface area contributed by atoms with Gasteiger partial charge in [0, 0.05) is 24.7 Å². The lowest BCUT2D eigenvalue weighted by Gasteiger charge is -2.39. The van der Waals surface area contributed by atoms with E-state index < -0.39 is 5.97 Å². The molecular formula is C29H44N4O3. The van der Waals surface area contributed by atoms with Crippen LogP contribution in [0.2, 0.25) is 0 Å². The number of rotatable bonds is 10. The fourth-order valence-electron chi connectivity index (χ4n) is 6.08. The van der Waals surface area contributed by atoms with E-state index in [1.54, 1.807) is 0 Å². The topological polar surface area (TPSA) is 97.1 Å². The molecule has 0 radical (unpaired) electrons. The van der Waals surface area contributed by atoms with Crippen LogP contribution in [0.4, 0.5) is 0 Å². The van der Waals surface area contributed by atoms with E-state index in [-0.39, 0.29) is 30.7 Å². The summed E-state index contributed by atoms with van der Waals surface area (Å²) in [6, 6.07) is 0.386. The highest BCUT2D eigenvalue weighted by Gasteiger charge is 2.40. The number of carboxylic acids is 1. The number of carboxylic acid groups (broad SMARTS) is 1. The van der Waals surface area contributed by atoms with Crippen molar-refractivity contribution in [3.8, 4) is 0 Å². The molecule has 36 heavy (non-hydrogen) atoms. The molecule has 0 bridgehead atoms. The molecule has 1 aromatic heterocycles. The lowest BCUT2D eigenvalue weighted by molar-refractivity contribution is -0.137. The summed E-state index contributed by atoms with van der Waals surface area (Å²) in [5, 5.41) is 21.8. The monoisotopic (exact) mass is 496 g/mol. The lowest BCUT2D eigenvalue weighted by Crippen LogP contribution is -2.36. The Kier molecular flexibility index (Phi) is 8.06. The summed E-state index contributed by atoms with van der Waals surface area (Å²) in [6.07, 6.45) is 12.5. The van der Waals surface area contributed by atoms with Gasteiger partial charge < -0.3 is 10.4 Å². The number of aliphatic carboxylic acids is 1. The molecule has 7 nitrogen and oxygen atoms in total. The number of nitrogens with one attached hydrogen (secondary N) is 1. The van der Waals surface area contributed by atoms with Crippen molar-refractivity contribution in [3.63, 3.8) is 0 Å². The Morgan fingerprint density at radius 3 is 2.56 bits per heavy atom. The average Bonchev–Trinajstić information content (AvgIpc) is 3.52. The maximum Gasteiger partial charge on any atom is 0.303 e. The molecule has 1 amide bonds. The summed E-state index contributed by atoms with van der Waals surface area (Å²) < 4.78 is 2.14. The van der Waals surface area contributed by atoms with Gasteiger partial charge in [-0.25, -0.2) is 4.68 Å². The standard InChI is InChI=1S/C29H44N4O3/c1-18-7-6-8-24(19(2)13-18)30-25(34)16-22(11-12-26(35)36)27-28(21-9-10-21)33(32-31-27)23-14-20(15-23)17-29(3,4)5/h7,13,20-24H,6,8-12,14-17H2,1-5H3,(H,30,34)(H,35,36). The van der Waals surface area contributed by atoms with E-state index in [0.29, 0.717) is 23.8 Å². The second kappa shape index (κ2) is 10.9. The third-order valence-electron chi connectivity index (χ3n) is 7.97. The van der Waals surface area contributed by atoms with Crippen molar-refractivity contribution < 1.29 is 14.7 Å². The van der Waals surface area contributed by atoms with Crippen molar-refractivity contribution in [2.24, 2.45) is 11.3 Å². The van der Waals surface area contributed by atoms with Gasteiger partial charge in [-0.3, -0.25) is 9.59 Å². The summed E-state index contributed by atoms with van der Waals surface area (Å²) in [7, 11) is 0. The van der Waals surface area contributed by atoms with Crippen molar-refractivity contribution >= 4 is 11.9 Å². The molecule has 3 aliphatic carbocycles. The molecule has 1 heterocycles. The Balaban J connectivity index is 1.49. The first-order valence-electron chi connectivity index (χ1n) is 13.8. The van der Waals surface area contributed by atoms with E-state index in [4.69, 9.17) is 0 Å². The van der Waals surface area contributed by atoms with Crippen LogP contribution in [-0.2, 0) is 9.59 Å². The van der Waals surface area contributed by atoms with Crippen LogP contribution in [0.1, 0.15) is 128 Å². The second-order valence-corrected chi connectivity index (χ2v) is 12.7. The van der Waals surface area contributed by atoms with Crippen molar-refractivity contribution in [2.75, 3.05) is 0 Å². The number of carbonyl (C=O) groups is 2. The highest BCUT2D eigenvalue weighted by Crippen LogP contribution is 2.49. The molecule has 2 atom stereocenters. The van der Waals surface area contributed by atoms with Gasteiger partial charge in [-0.05, 0) is 76.5 Å². The average molecular weight is 497 g/mol. The molecule has 4 rings (SSSR count). The van der Waals surface area contributed by atoms with Crippen molar-refractivity contribution in [3.05, 3.63) is 34.7 Å². The van der Waals surface area contributed by atoms with Gasteiger partial charge >= 0.3 is 5.97 Å². The highest BCUT2D eigenvalue weighted by molar-refractivity contribution is 5.78. The van der Waals surface area contributed by atoms with Gasteiger partial charge in [0.25, 0.3) is 0 Å². The van der Waals surface area contributed by atoms with E-state index in [9.17, 15) is 14.7 Å². The first-order valence-corrected chi connectivity index (χ1v) is 13.8. The predicted molar refractivity (Wildman–Crippen MR) is 141 cm³/mol. The Morgan fingerprint density at radius 1 is 1.19 bits per heavy atom. The van der Waals surface area contributed by atoms with Gasteiger partial charge in [0.05, 0.1) is 23.5 Å². The van der Waals surface area contributed by atoms with Crippen LogP contribution in [0, 0.1) is 11.3 Å². The zero-order chi connectivity index (χ0) is 26.0. The van der Waals surface area contributed by atoms with Crippen LogP contribution in [0.25, 0.3) is 0 Å². The number of allylic oxidation sites excluding steroid dienone is 3. The van der Waals surface area contributed by atoms with Gasteiger partial charge in [-0.1, -0.05) is 49.3 Å². The molecule has 2 unspecified atom stereocenters. The van der Waals surface area contributed by atoms with Crippen LogP contribution in [0.3, 0.4) is 0 Å². The number of hydrogen-bond acceptors (Lipinski definition) is 4. The van der Waals surface area contributed by atoms with E-state index in [0.717, 1.165) is 55.7 Å². The molecule has 3 aliphatic rings. The van der Waals surface area contributed by atoms with Crippen molar-refractivity contribution in [2.45, 2.75) is 123 Å². The minimum Gasteiger partial charge on any atom is -0.481 e. The molecule has 2 saturated carbocycles. The highest BCUT2D eigenvalue weighted by atomic mass is 16.4. The largest absolute Gasteiger partial charge is 0.481 e. The van der Waals surface area contributed by atoms with Crippen LogP contribution in [0.5, 0.6) is 0 Å². The van der Waals surface area contributed by atoms with E-state index >= 15 is 0 Å². The number of hydrogen-bond donors (Lipinski definition) is 2. The molecule has 198 valence electrons. The maximum absolute atomic E-state index is 13.2. The summed E-state index contributed by atoms with van der Waals surface area (Å²) in [5.74, 6) is 0.0537. The molecule has 2 fully saturated rings. The first-order chi connectivity index (χ1) is 17.0. The van der Waals surface area contributed by atoms with Gasteiger partial charge in [0.15, 0.2) is 0 Å². The molecular weight excluding hydrogens is 452 g/mol. The summed E-state index contributed by atoms with van der Waals surface area (Å²) in [6.45, 7) is 11.0. The fraction of sp³-hybridized carbons (Fsp3) is 0.724. The van der Waals surface area contributed by atoms with E-state index in [1.165, 1.54) is 17.7 Å². The molecule has 1 aromatic rings. The van der Waals surface area contributed by atoms with Gasteiger partial charge in [0.2, 0.25) is 5.91 Å². The lowest BCUT2D eigenvalue weighted by atomic mass is 9.71. The third kappa shape index (κ3) is 6.86. The predicted octanol–water partition coefficient (Wildman–Crippen LogP) is 6.05. The molecule has 0 aromatic carbocycles. The van der Waals surface area contributed by atoms with Crippen molar-refractivity contribution in [1.29, 1.82) is 0 Å². The first kappa shape index (κ1) is 26.6. The van der Waals surface area contributed by atoms with Gasteiger partial charge in [0.1, 0.15) is 0 Å². The Hall–Kier alpha value is -2.44. The van der Waals surface area contributed by atoms with Crippen LogP contribution in [0.15, 0.2) is 23.3 Å². The minimum atomic E-state index is -0.839. The second-order valence-electron chi connectivity index (χ2n) is 12.7. The third-order valence-corrected chi connectivity index (χ3v) is 7.97. The number of aromatic nitrogens is 3. The van der Waals surface area contributed by atoms with E-state index in [1.807, 2.05) is 0 Å². The normalized spacial score (nSPS) is 25.3. The smallest absolute Gasteiger partial charge is 0.303 e. The van der Waals surface area contributed by atoms with Gasteiger partial charge in [-0.15, -0.1) is 5.10 Å². The molecule has 2 N–H and O–H groups in total. The van der Waals surface area contributed by atoms with Crippen LogP contribution < -0.4 is 5.32 Å². The Labute approximate surface area is 215 Å². The maximum atomic E-state index is 13.2. The summed E-state index contributed by atoms with van der Waals surface area (Å²) in [5.41, 5.74) is 4.75. The zero-order valence-corrected chi connectivity index (χ0v) is 22.7. The molecule has 0 spiro atoms. The summed E-state index contributed by atoms with van der Waals surface area (Å²) in [4.78, 5) is 24.6. The Morgan fingerprint density at radius 2 is 1.92 bits per heavy atom. The number of nitrogens with zero attached hydrogens (tertiary/aromatic N) is 3. The van der Waals surface area contributed by atoms with Crippen LogP contribution in [-0.4, -0.2) is 38.0 Å². The van der Waals surface area contributed by atoms with Gasteiger partial charge in [-0.2, -0.15) is 0 Å². The number of amides is 1. The zero-order valence-electron chi connectivity index (χ0n) is 22.7. The quantitative estimate of drug-likeness (QED) is 0.411. The fourth-order valence-corrected chi connectivity index (χ4v) is 6.08. The molecule has 7 heteroatoms.